The Bertz CT molecular complexity index is 916. The predicted octanol–water partition coefficient (Wildman–Crippen LogP) is 1.22. The second-order valence-electron chi connectivity index (χ2n) is 5.71. The molecule has 0 radical (unpaired) electrons. The van der Waals surface area contributed by atoms with Gasteiger partial charge in [0.2, 0.25) is 15.9 Å². The molecule has 0 saturated carbocycles. The second kappa shape index (κ2) is 7.67. The number of nitrogens with one attached hydrogen (secondary N) is 2. The first-order valence-electron chi connectivity index (χ1n) is 7.67. The minimum Gasteiger partial charge on any atom is -0.481 e. The molecule has 1 atom stereocenters. The van der Waals surface area contributed by atoms with Gasteiger partial charge < -0.3 is 14.9 Å². The van der Waals surface area contributed by atoms with Crippen LogP contribution in [0.25, 0.3) is 0 Å². The van der Waals surface area contributed by atoms with Gasteiger partial charge >= 0.3 is 5.97 Å². The van der Waals surface area contributed by atoms with E-state index in [1.54, 1.807) is 24.3 Å². The Hall–Kier alpha value is -2.72. The zero-order chi connectivity index (χ0) is 19.5. The number of anilines is 1. The minimum absolute atomic E-state index is 0.108. The molecule has 26 heavy (non-hydrogen) atoms. The Labute approximate surface area is 150 Å². The topological polar surface area (TPSA) is 139 Å². The normalized spacial score (nSPS) is 12.6. The molecular weight excluding hydrogens is 362 g/mol. The highest BCUT2D eigenvalue weighted by atomic mass is 32.2. The zero-order valence-corrected chi connectivity index (χ0v) is 15.3. The smallest absolute Gasteiger partial charge is 0.307 e. The lowest BCUT2D eigenvalue weighted by atomic mass is 10.1. The molecule has 2 rings (SSSR count). The molecule has 1 aromatic carbocycles. The maximum absolute atomic E-state index is 12.4. The molecule has 0 spiro atoms. The van der Waals surface area contributed by atoms with Crippen molar-refractivity contribution < 1.29 is 27.6 Å². The number of rotatable bonds is 7. The summed E-state index contributed by atoms with van der Waals surface area (Å²) < 4.78 is 32.0. The molecule has 1 aromatic heterocycles. The number of carbonyl (C=O) groups is 2. The monoisotopic (exact) mass is 381 g/mol. The summed E-state index contributed by atoms with van der Waals surface area (Å²) in [6, 6.07) is 5.30. The number of hydrogen-bond donors (Lipinski definition) is 3. The van der Waals surface area contributed by atoms with Crippen molar-refractivity contribution in [3.8, 4) is 0 Å². The van der Waals surface area contributed by atoms with Crippen molar-refractivity contribution in [3.05, 3.63) is 41.3 Å². The van der Waals surface area contributed by atoms with Gasteiger partial charge in [0.15, 0.2) is 5.76 Å². The molecule has 0 aliphatic rings. The highest BCUT2D eigenvalue weighted by Crippen LogP contribution is 2.20. The molecule has 0 aliphatic heterocycles. The lowest BCUT2D eigenvalue weighted by molar-refractivity contribution is -0.136. The van der Waals surface area contributed by atoms with Crippen molar-refractivity contribution >= 4 is 27.6 Å². The van der Waals surface area contributed by atoms with Crippen LogP contribution in [0.5, 0.6) is 0 Å². The molecule has 140 valence electrons. The lowest BCUT2D eigenvalue weighted by Crippen LogP contribution is -2.41. The number of aromatic nitrogens is 1. The number of nitrogens with zero attached hydrogens (tertiary/aromatic N) is 1. The third kappa shape index (κ3) is 4.46. The molecule has 3 N–H and O–H groups in total. The molecule has 2 aromatic rings. The van der Waals surface area contributed by atoms with E-state index in [0.717, 1.165) is 0 Å². The van der Waals surface area contributed by atoms with Gasteiger partial charge in [-0.1, -0.05) is 23.4 Å². The standard InChI is InChI=1S/C16H19N3O6S/c1-9-15(11(3)25-18-9)26(23,24)19-10(2)16(22)17-13-7-5-4-6-12(13)8-14(20)21/h4-7,10,19H,8H2,1-3H3,(H,17,22)(H,20,21). The van der Waals surface area contributed by atoms with Crippen molar-refractivity contribution in [1.29, 1.82) is 0 Å². The van der Waals surface area contributed by atoms with Gasteiger partial charge in [0.25, 0.3) is 0 Å². The summed E-state index contributed by atoms with van der Waals surface area (Å²) in [5, 5.41) is 15.1. The maximum Gasteiger partial charge on any atom is 0.307 e. The number of carbonyl (C=O) groups excluding carboxylic acids is 1. The van der Waals surface area contributed by atoms with E-state index in [0.29, 0.717) is 11.3 Å². The SMILES string of the molecule is Cc1noc(C)c1S(=O)(=O)NC(C)C(=O)Nc1ccccc1CC(=O)O. The number of carboxylic acid groups (broad SMARTS) is 1. The Morgan fingerprint density at radius 1 is 1.27 bits per heavy atom. The Balaban J connectivity index is 2.15. The summed E-state index contributed by atoms with van der Waals surface area (Å²) in [6.07, 6.45) is -0.268. The summed E-state index contributed by atoms with van der Waals surface area (Å²) in [6.45, 7) is 4.32. The van der Waals surface area contributed by atoms with Crippen molar-refractivity contribution in [1.82, 2.24) is 9.88 Å². The van der Waals surface area contributed by atoms with Crippen LogP contribution in [-0.2, 0) is 26.0 Å². The maximum atomic E-state index is 12.4. The average Bonchev–Trinajstić information content (AvgIpc) is 2.87. The quantitative estimate of drug-likeness (QED) is 0.655. The highest BCUT2D eigenvalue weighted by molar-refractivity contribution is 7.89. The van der Waals surface area contributed by atoms with Crippen molar-refractivity contribution in [3.63, 3.8) is 0 Å². The van der Waals surface area contributed by atoms with E-state index in [-0.39, 0.29) is 22.8 Å². The minimum atomic E-state index is -4.01. The molecule has 1 amide bonds. The summed E-state index contributed by atoms with van der Waals surface area (Å²) in [5.74, 6) is -1.55. The van der Waals surface area contributed by atoms with E-state index in [1.807, 2.05) is 0 Å². The first-order valence-corrected chi connectivity index (χ1v) is 9.16. The number of benzene rings is 1. The number of aryl methyl sites for hydroxylation is 2. The van der Waals surface area contributed by atoms with E-state index in [1.165, 1.54) is 20.8 Å². The molecule has 9 nitrogen and oxygen atoms in total. The van der Waals surface area contributed by atoms with Crippen molar-refractivity contribution in [2.45, 2.75) is 38.1 Å². The van der Waals surface area contributed by atoms with Gasteiger partial charge in [0.1, 0.15) is 10.6 Å². The van der Waals surface area contributed by atoms with Gasteiger partial charge in [-0.15, -0.1) is 0 Å². The van der Waals surface area contributed by atoms with Crippen LogP contribution in [0.3, 0.4) is 0 Å². The van der Waals surface area contributed by atoms with E-state index < -0.39 is 27.9 Å². The summed E-state index contributed by atoms with van der Waals surface area (Å²) in [7, 11) is -4.01. The van der Waals surface area contributed by atoms with Crippen molar-refractivity contribution in [2.24, 2.45) is 0 Å². The number of amides is 1. The fourth-order valence-electron chi connectivity index (χ4n) is 2.40. The van der Waals surface area contributed by atoms with E-state index in [2.05, 4.69) is 15.2 Å². The number of sulfonamides is 1. The lowest BCUT2D eigenvalue weighted by Gasteiger charge is -2.16. The molecule has 0 aliphatic carbocycles. The Morgan fingerprint density at radius 3 is 2.50 bits per heavy atom. The van der Waals surface area contributed by atoms with Crippen LogP contribution in [0.1, 0.15) is 23.9 Å². The number of para-hydroxylation sites is 1. The molecule has 1 heterocycles. The number of hydrogen-bond acceptors (Lipinski definition) is 6. The first-order chi connectivity index (χ1) is 12.1. The Kier molecular flexibility index (Phi) is 5.78. The van der Waals surface area contributed by atoms with Crippen LogP contribution in [0, 0.1) is 13.8 Å². The molecular formula is C16H19N3O6S. The van der Waals surface area contributed by atoms with Gasteiger partial charge in [0, 0.05) is 5.69 Å². The third-order valence-corrected chi connectivity index (χ3v) is 5.36. The third-order valence-electron chi connectivity index (χ3n) is 3.58. The van der Waals surface area contributed by atoms with E-state index >= 15 is 0 Å². The average molecular weight is 381 g/mol. The van der Waals surface area contributed by atoms with Gasteiger partial charge in [-0.25, -0.2) is 8.42 Å². The first kappa shape index (κ1) is 19.6. The number of carboxylic acids is 1. The van der Waals surface area contributed by atoms with Crippen LogP contribution in [0.15, 0.2) is 33.7 Å². The van der Waals surface area contributed by atoms with Crippen LogP contribution in [-0.4, -0.2) is 36.6 Å². The Morgan fingerprint density at radius 2 is 1.92 bits per heavy atom. The molecule has 0 fully saturated rings. The fraction of sp³-hybridized carbons (Fsp3) is 0.312. The van der Waals surface area contributed by atoms with Gasteiger partial charge in [-0.3, -0.25) is 9.59 Å². The van der Waals surface area contributed by atoms with Crippen molar-refractivity contribution in [2.75, 3.05) is 5.32 Å². The molecule has 0 bridgehead atoms. The van der Waals surface area contributed by atoms with Crippen LogP contribution >= 0.6 is 0 Å². The molecule has 0 saturated heterocycles. The second-order valence-corrected chi connectivity index (χ2v) is 7.36. The van der Waals surface area contributed by atoms with Gasteiger partial charge in [-0.05, 0) is 32.4 Å². The molecule has 10 heteroatoms. The fourth-order valence-corrected chi connectivity index (χ4v) is 3.94. The molecule has 1 unspecified atom stereocenters. The zero-order valence-electron chi connectivity index (χ0n) is 14.4. The largest absolute Gasteiger partial charge is 0.481 e. The van der Waals surface area contributed by atoms with Gasteiger partial charge in [0.05, 0.1) is 12.5 Å². The van der Waals surface area contributed by atoms with Crippen LogP contribution in [0.4, 0.5) is 5.69 Å². The summed E-state index contributed by atoms with van der Waals surface area (Å²) >= 11 is 0. The predicted molar refractivity (Wildman–Crippen MR) is 92.2 cm³/mol. The summed E-state index contributed by atoms with van der Waals surface area (Å²) in [5.41, 5.74) is 0.909. The summed E-state index contributed by atoms with van der Waals surface area (Å²) in [4.78, 5) is 23.1. The van der Waals surface area contributed by atoms with Gasteiger partial charge in [-0.2, -0.15) is 4.72 Å². The van der Waals surface area contributed by atoms with E-state index in [9.17, 15) is 18.0 Å². The number of aliphatic carboxylic acids is 1. The van der Waals surface area contributed by atoms with Crippen LogP contribution in [0.2, 0.25) is 0 Å². The van der Waals surface area contributed by atoms with Crippen LogP contribution < -0.4 is 10.0 Å². The van der Waals surface area contributed by atoms with E-state index in [4.69, 9.17) is 9.63 Å². The highest BCUT2D eigenvalue weighted by Gasteiger charge is 2.28.